The molecule has 0 aliphatic rings. The van der Waals surface area contributed by atoms with Gasteiger partial charge >= 0.3 is 0 Å². The zero-order chi connectivity index (χ0) is 3.58. The van der Waals surface area contributed by atoms with E-state index < -0.39 is 6.08 Å². The van der Waals surface area contributed by atoms with Crippen LogP contribution < -0.4 is 0 Å². The Morgan fingerprint density at radius 2 is 1.40 bits per heavy atom. The molecule has 0 aliphatic carbocycles. The van der Waals surface area contributed by atoms with E-state index in [0.29, 0.717) is 0 Å². The number of hydrogen-bond acceptors (Lipinski definition) is 0. The number of halogens is 2. The normalized spacial score (nSPS) is 5.20. The molecule has 0 heterocycles. The Kier molecular flexibility index (Phi) is 7.77. The molecule has 0 unspecified atom stereocenters. The van der Waals surface area contributed by atoms with Crippen LogP contribution in [-0.2, 0) is 21.7 Å². The van der Waals surface area contributed by atoms with Crippen LogP contribution in [0, 0.1) is 0 Å². The van der Waals surface area contributed by atoms with Gasteiger partial charge in [-0.3, -0.25) is 0 Å². The fraction of sp³-hybridized carbons (Fsp3) is 0. The van der Waals surface area contributed by atoms with Crippen molar-refractivity contribution in [3.8, 4) is 0 Å². The van der Waals surface area contributed by atoms with Crippen LogP contribution in [0.15, 0.2) is 12.7 Å². The van der Waals surface area contributed by atoms with Crippen LogP contribution in [0.3, 0.4) is 0 Å². The second-order valence-corrected chi connectivity index (χ2v) is 0.339. The Bertz CT molecular complexity index is 30.6. The summed E-state index contributed by atoms with van der Waals surface area (Å²) in [5.41, 5.74) is 0. The molecule has 0 aliphatic heterocycles. The van der Waals surface area contributed by atoms with Gasteiger partial charge in [0, 0.05) is 21.7 Å². The molecule has 3 heteroatoms. The van der Waals surface area contributed by atoms with Gasteiger partial charge in [-0.05, 0) is 6.58 Å². The average molecular weight is 112 g/mol. The summed E-state index contributed by atoms with van der Waals surface area (Å²) < 4.78 is 20.3. The first-order valence-electron chi connectivity index (χ1n) is 0.732. The number of hydrogen-bond donors (Lipinski definition) is 0. The van der Waals surface area contributed by atoms with E-state index in [2.05, 4.69) is 6.58 Å². The zero-order valence-corrected chi connectivity index (χ0v) is 4.02. The van der Waals surface area contributed by atoms with Crippen molar-refractivity contribution in [2.45, 2.75) is 0 Å². The molecule has 0 saturated heterocycles. The molecular formula is C2H2F2Ti. The average Bonchev–Trinajstić information content (AvgIpc) is 0.811. The summed E-state index contributed by atoms with van der Waals surface area (Å²) in [5.74, 6) is 0. The molecule has 0 saturated carbocycles. The summed E-state index contributed by atoms with van der Waals surface area (Å²) in [7, 11) is 0. The van der Waals surface area contributed by atoms with Gasteiger partial charge < -0.3 is 0 Å². The van der Waals surface area contributed by atoms with Crippen molar-refractivity contribution < 1.29 is 30.5 Å². The second kappa shape index (κ2) is 4.31. The molecule has 0 radical (unpaired) electrons. The first kappa shape index (κ1) is 9.00. The monoisotopic (exact) mass is 112 g/mol. The quantitative estimate of drug-likeness (QED) is 0.415. The van der Waals surface area contributed by atoms with Crippen molar-refractivity contribution in [1.29, 1.82) is 0 Å². The van der Waals surface area contributed by atoms with Gasteiger partial charge in [-0.25, -0.2) is 0 Å². The van der Waals surface area contributed by atoms with Crippen LogP contribution >= 0.6 is 0 Å². The Balaban J connectivity index is 0. The maximum Gasteiger partial charge on any atom is 0.263 e. The first-order chi connectivity index (χ1) is 1.73. The first-order valence-corrected chi connectivity index (χ1v) is 0.732. The molecule has 0 aromatic carbocycles. The molecule has 0 N–H and O–H groups in total. The molecule has 28 valence electrons. The van der Waals surface area contributed by atoms with Gasteiger partial charge in [0.15, 0.2) is 0 Å². The summed E-state index contributed by atoms with van der Waals surface area (Å²) in [6, 6.07) is 0. The molecule has 0 aromatic heterocycles. The van der Waals surface area contributed by atoms with Crippen LogP contribution in [0.1, 0.15) is 0 Å². The summed E-state index contributed by atoms with van der Waals surface area (Å²) in [5, 5.41) is 0. The molecule has 5 heavy (non-hydrogen) atoms. The van der Waals surface area contributed by atoms with Crippen molar-refractivity contribution in [2.75, 3.05) is 0 Å². The molecule has 0 aromatic rings. The Morgan fingerprint density at radius 1 is 1.40 bits per heavy atom. The maximum atomic E-state index is 10.1. The summed E-state index contributed by atoms with van der Waals surface area (Å²) in [6.45, 7) is 2.22. The second-order valence-electron chi connectivity index (χ2n) is 0.339. The third-order valence-electron chi connectivity index (χ3n) is 0. The van der Waals surface area contributed by atoms with E-state index in [4.69, 9.17) is 0 Å². The molecule has 0 atom stereocenters. The van der Waals surface area contributed by atoms with Crippen molar-refractivity contribution >= 4 is 0 Å². The topological polar surface area (TPSA) is 0 Å². The van der Waals surface area contributed by atoms with Crippen LogP contribution in [0.4, 0.5) is 8.78 Å². The maximum absolute atomic E-state index is 10.1. The van der Waals surface area contributed by atoms with Crippen LogP contribution in [0.5, 0.6) is 0 Å². The van der Waals surface area contributed by atoms with Gasteiger partial charge in [-0.2, -0.15) is 8.78 Å². The van der Waals surface area contributed by atoms with E-state index >= 15 is 0 Å². The molecule has 0 spiro atoms. The minimum Gasteiger partial charge on any atom is -0.174 e. The zero-order valence-electron chi connectivity index (χ0n) is 2.46. The predicted octanol–water partition coefficient (Wildman–Crippen LogP) is 1.39. The van der Waals surface area contributed by atoms with Gasteiger partial charge in [-0.1, -0.05) is 0 Å². The predicted molar refractivity (Wildman–Crippen MR) is 11.4 cm³/mol. The Morgan fingerprint density at radius 3 is 1.40 bits per heavy atom. The molecule has 0 nitrogen and oxygen atoms in total. The van der Waals surface area contributed by atoms with Crippen LogP contribution in [0.25, 0.3) is 0 Å². The van der Waals surface area contributed by atoms with E-state index in [-0.39, 0.29) is 21.7 Å². The standard InChI is InChI=1S/C2H2F2.Ti/c1-2(3)4;/h1H2;. The fourth-order valence-electron chi connectivity index (χ4n) is 0. The van der Waals surface area contributed by atoms with Gasteiger partial charge in [0.1, 0.15) is 0 Å². The van der Waals surface area contributed by atoms with Crippen molar-refractivity contribution in [3.05, 3.63) is 12.7 Å². The fourth-order valence-corrected chi connectivity index (χ4v) is 0. The summed E-state index contributed by atoms with van der Waals surface area (Å²) in [6.07, 6.45) is -1.83. The van der Waals surface area contributed by atoms with E-state index in [1.54, 1.807) is 0 Å². The summed E-state index contributed by atoms with van der Waals surface area (Å²) in [4.78, 5) is 0. The van der Waals surface area contributed by atoms with Gasteiger partial charge in [-0.15, -0.1) is 0 Å². The van der Waals surface area contributed by atoms with Gasteiger partial charge in [0.25, 0.3) is 6.08 Å². The molecule has 0 amide bonds. The largest absolute Gasteiger partial charge is 0.263 e. The Labute approximate surface area is 43.8 Å². The molecule has 0 fully saturated rings. The molecule has 0 bridgehead atoms. The number of rotatable bonds is 0. The van der Waals surface area contributed by atoms with Crippen molar-refractivity contribution in [1.82, 2.24) is 0 Å². The third-order valence-corrected chi connectivity index (χ3v) is 0. The van der Waals surface area contributed by atoms with E-state index in [1.165, 1.54) is 0 Å². The van der Waals surface area contributed by atoms with E-state index in [9.17, 15) is 8.78 Å². The third kappa shape index (κ3) is 234. The molecular weight excluding hydrogens is 110 g/mol. The Hall–Kier alpha value is 0.314. The van der Waals surface area contributed by atoms with Crippen molar-refractivity contribution in [3.63, 3.8) is 0 Å². The van der Waals surface area contributed by atoms with Crippen molar-refractivity contribution in [2.24, 2.45) is 0 Å². The molecule has 0 rings (SSSR count). The minimum absolute atomic E-state index is 0. The van der Waals surface area contributed by atoms with Crippen LogP contribution in [-0.4, -0.2) is 0 Å². The van der Waals surface area contributed by atoms with E-state index in [1.807, 2.05) is 0 Å². The summed E-state index contributed by atoms with van der Waals surface area (Å²) >= 11 is 0. The smallest absolute Gasteiger partial charge is 0.174 e. The SMILES string of the molecule is C=C(F)F.[Ti]. The van der Waals surface area contributed by atoms with Gasteiger partial charge in [0.05, 0.1) is 0 Å². The van der Waals surface area contributed by atoms with E-state index in [0.717, 1.165) is 0 Å². The minimum atomic E-state index is -1.83. The van der Waals surface area contributed by atoms with Crippen LogP contribution in [0.2, 0.25) is 0 Å². The van der Waals surface area contributed by atoms with Gasteiger partial charge in [0.2, 0.25) is 0 Å².